The number of rotatable bonds is 5. The predicted octanol–water partition coefficient (Wildman–Crippen LogP) is 4.61. The van der Waals surface area contributed by atoms with Crippen molar-refractivity contribution in [2.24, 2.45) is 0 Å². The van der Waals surface area contributed by atoms with Crippen LogP contribution in [0, 0.1) is 0 Å². The summed E-state index contributed by atoms with van der Waals surface area (Å²) in [5.74, 6) is -0.366. The quantitative estimate of drug-likeness (QED) is 0.698. The molecular weight excluding hydrogens is 414 g/mol. The Labute approximate surface area is 169 Å². The molecule has 0 unspecified atom stereocenters. The highest BCUT2D eigenvalue weighted by Gasteiger charge is 2.38. The van der Waals surface area contributed by atoms with E-state index < -0.39 is 29.9 Å². The molecule has 10 heteroatoms. The largest absolute Gasteiger partial charge is 0.573 e. The number of nitrogens with one attached hydrogen (secondary N) is 1. The van der Waals surface area contributed by atoms with E-state index >= 15 is 0 Å². The average Bonchev–Trinajstić information content (AvgIpc) is 2.68. The number of nitrogens with zero attached hydrogens (tertiary/aromatic N) is 1. The van der Waals surface area contributed by atoms with E-state index in [4.69, 9.17) is 4.74 Å². The predicted molar refractivity (Wildman–Crippen MR) is 97.4 cm³/mol. The molecule has 4 nitrogen and oxygen atoms in total. The molecule has 1 aliphatic rings. The fraction of sp³-hybridized carbons (Fsp3) is 0.400. The lowest BCUT2D eigenvalue weighted by Crippen LogP contribution is -2.45. The first-order valence-electron chi connectivity index (χ1n) is 9.14. The van der Waals surface area contributed by atoms with Gasteiger partial charge in [-0.25, -0.2) is 0 Å². The van der Waals surface area contributed by atoms with Gasteiger partial charge in [0.1, 0.15) is 11.5 Å². The first kappa shape index (κ1) is 22.2. The molecule has 164 valence electrons. The first-order chi connectivity index (χ1) is 14.1. The molecule has 1 saturated heterocycles. The summed E-state index contributed by atoms with van der Waals surface area (Å²) in [5.41, 5.74) is -0.405. The van der Waals surface area contributed by atoms with Crippen molar-refractivity contribution >= 4 is 0 Å². The highest BCUT2D eigenvalue weighted by molar-refractivity contribution is 5.44. The summed E-state index contributed by atoms with van der Waals surface area (Å²) < 4.78 is 87.6. The standard InChI is InChI=1S/C20H20F6N2O2/c1-29-15-6-7-16(17(12-15)19(21,22)23)18(28-10-8-27-9-11-28)13-2-4-14(5-3-13)30-20(24,25)26/h2-7,12,18,27H,8-11H2,1H3/t18-/m0/s1. The van der Waals surface area contributed by atoms with Crippen LogP contribution in [0.1, 0.15) is 22.7 Å². The van der Waals surface area contributed by atoms with E-state index in [9.17, 15) is 26.3 Å². The van der Waals surface area contributed by atoms with E-state index in [2.05, 4.69) is 10.1 Å². The van der Waals surface area contributed by atoms with Crippen LogP contribution in [0.3, 0.4) is 0 Å². The van der Waals surface area contributed by atoms with Crippen molar-refractivity contribution in [2.75, 3.05) is 33.3 Å². The van der Waals surface area contributed by atoms with Crippen LogP contribution in [-0.4, -0.2) is 44.6 Å². The van der Waals surface area contributed by atoms with Crippen molar-refractivity contribution in [1.82, 2.24) is 10.2 Å². The molecule has 0 saturated carbocycles. The van der Waals surface area contributed by atoms with Crippen LogP contribution in [0.2, 0.25) is 0 Å². The van der Waals surface area contributed by atoms with Crippen LogP contribution >= 0.6 is 0 Å². The van der Waals surface area contributed by atoms with Gasteiger partial charge >= 0.3 is 12.5 Å². The number of hydrogen-bond acceptors (Lipinski definition) is 4. The molecule has 0 bridgehead atoms. The van der Waals surface area contributed by atoms with Gasteiger partial charge in [-0.05, 0) is 35.4 Å². The number of ether oxygens (including phenoxy) is 2. The highest BCUT2D eigenvalue weighted by Crippen LogP contribution is 2.41. The highest BCUT2D eigenvalue weighted by atomic mass is 19.4. The molecule has 0 amide bonds. The van der Waals surface area contributed by atoms with Gasteiger partial charge in [0.2, 0.25) is 0 Å². The second-order valence-electron chi connectivity index (χ2n) is 6.76. The van der Waals surface area contributed by atoms with E-state index in [1.54, 1.807) is 0 Å². The maximum atomic E-state index is 13.8. The molecule has 3 rings (SSSR count). The van der Waals surface area contributed by atoms with Crippen molar-refractivity contribution in [1.29, 1.82) is 0 Å². The summed E-state index contributed by atoms with van der Waals surface area (Å²) in [6.07, 6.45) is -9.48. The molecule has 2 aromatic carbocycles. The lowest BCUT2D eigenvalue weighted by Gasteiger charge is -2.36. The van der Waals surface area contributed by atoms with Gasteiger partial charge in [0, 0.05) is 26.2 Å². The Morgan fingerprint density at radius 2 is 1.50 bits per heavy atom. The van der Waals surface area contributed by atoms with Crippen molar-refractivity contribution < 1.29 is 35.8 Å². The monoisotopic (exact) mass is 434 g/mol. The second-order valence-corrected chi connectivity index (χ2v) is 6.76. The van der Waals surface area contributed by atoms with Gasteiger partial charge in [-0.3, -0.25) is 4.90 Å². The molecule has 1 fully saturated rings. The van der Waals surface area contributed by atoms with Crippen molar-refractivity contribution in [3.63, 3.8) is 0 Å². The molecule has 0 spiro atoms. The fourth-order valence-electron chi connectivity index (χ4n) is 3.53. The molecule has 1 N–H and O–H groups in total. The SMILES string of the molecule is COc1ccc([C@H](c2ccc(OC(F)(F)F)cc2)N2CCNCC2)c(C(F)(F)F)c1. The number of halogens is 6. The van der Waals surface area contributed by atoms with E-state index in [1.807, 2.05) is 4.90 Å². The van der Waals surface area contributed by atoms with Gasteiger partial charge < -0.3 is 14.8 Å². The van der Waals surface area contributed by atoms with Crippen molar-refractivity contribution in [3.05, 3.63) is 59.2 Å². The molecule has 1 heterocycles. The minimum atomic E-state index is -4.85. The summed E-state index contributed by atoms with van der Waals surface area (Å²) in [6.45, 7) is 2.14. The molecule has 0 radical (unpaired) electrons. The van der Waals surface area contributed by atoms with Gasteiger partial charge in [-0.2, -0.15) is 13.2 Å². The molecular formula is C20H20F6N2O2. The summed E-state index contributed by atoms with van der Waals surface area (Å²) in [4.78, 5) is 1.87. The van der Waals surface area contributed by atoms with Gasteiger partial charge in [0.15, 0.2) is 0 Å². The second kappa shape index (κ2) is 8.73. The first-order valence-corrected chi connectivity index (χ1v) is 9.14. The maximum absolute atomic E-state index is 13.8. The lowest BCUT2D eigenvalue weighted by atomic mass is 9.92. The Morgan fingerprint density at radius 3 is 2.03 bits per heavy atom. The summed E-state index contributed by atoms with van der Waals surface area (Å²) in [5, 5.41) is 3.14. The van der Waals surface area contributed by atoms with E-state index in [-0.39, 0.29) is 11.3 Å². The Balaban J connectivity index is 2.06. The van der Waals surface area contributed by atoms with E-state index in [0.29, 0.717) is 31.7 Å². The zero-order valence-corrected chi connectivity index (χ0v) is 16.0. The normalized spacial score (nSPS) is 16.9. The average molecular weight is 434 g/mol. The lowest BCUT2D eigenvalue weighted by molar-refractivity contribution is -0.274. The zero-order valence-electron chi connectivity index (χ0n) is 16.0. The Hall–Kier alpha value is -2.46. The van der Waals surface area contributed by atoms with E-state index in [1.165, 1.54) is 31.4 Å². The smallest absolute Gasteiger partial charge is 0.497 e. The Kier molecular flexibility index (Phi) is 6.47. The molecule has 1 aliphatic heterocycles. The van der Waals surface area contributed by atoms with Gasteiger partial charge in [0.25, 0.3) is 0 Å². The van der Waals surface area contributed by atoms with Crippen LogP contribution in [-0.2, 0) is 6.18 Å². The van der Waals surface area contributed by atoms with Gasteiger partial charge in [-0.15, -0.1) is 13.2 Å². The topological polar surface area (TPSA) is 33.7 Å². The van der Waals surface area contributed by atoms with E-state index in [0.717, 1.165) is 18.2 Å². The van der Waals surface area contributed by atoms with Crippen LogP contribution in [0.15, 0.2) is 42.5 Å². The van der Waals surface area contributed by atoms with Gasteiger partial charge in [-0.1, -0.05) is 18.2 Å². The maximum Gasteiger partial charge on any atom is 0.573 e. The van der Waals surface area contributed by atoms with Crippen LogP contribution in [0.4, 0.5) is 26.3 Å². The number of alkyl halides is 6. The van der Waals surface area contributed by atoms with Gasteiger partial charge in [0.05, 0.1) is 18.7 Å². The molecule has 1 atom stereocenters. The third-order valence-electron chi connectivity index (χ3n) is 4.81. The van der Waals surface area contributed by atoms with Crippen LogP contribution in [0.5, 0.6) is 11.5 Å². The van der Waals surface area contributed by atoms with Crippen molar-refractivity contribution in [2.45, 2.75) is 18.6 Å². The zero-order chi connectivity index (χ0) is 21.9. The summed E-state index contributed by atoms with van der Waals surface area (Å²) in [6, 6.07) is 7.87. The van der Waals surface area contributed by atoms with Crippen LogP contribution in [0.25, 0.3) is 0 Å². The summed E-state index contributed by atoms with van der Waals surface area (Å²) in [7, 11) is 1.28. The molecule has 0 aromatic heterocycles. The number of benzene rings is 2. The molecule has 2 aromatic rings. The van der Waals surface area contributed by atoms with Crippen molar-refractivity contribution in [3.8, 4) is 11.5 Å². The summed E-state index contributed by atoms with van der Waals surface area (Å²) >= 11 is 0. The number of piperazine rings is 1. The third-order valence-corrected chi connectivity index (χ3v) is 4.81. The number of methoxy groups -OCH3 is 1. The Bertz CT molecular complexity index is 846. The minimum absolute atomic E-state index is 0.00897. The Morgan fingerprint density at radius 1 is 0.900 bits per heavy atom. The fourth-order valence-corrected chi connectivity index (χ4v) is 3.53. The number of hydrogen-bond donors (Lipinski definition) is 1. The van der Waals surface area contributed by atoms with Crippen LogP contribution < -0.4 is 14.8 Å². The minimum Gasteiger partial charge on any atom is -0.497 e. The molecule has 30 heavy (non-hydrogen) atoms. The molecule has 0 aliphatic carbocycles. The third kappa shape index (κ3) is 5.37.